The highest BCUT2D eigenvalue weighted by molar-refractivity contribution is 7.99. The Balaban J connectivity index is 2.03. The van der Waals surface area contributed by atoms with Crippen LogP contribution in [0, 0.1) is 5.82 Å². The summed E-state index contributed by atoms with van der Waals surface area (Å²) in [5, 5.41) is 2.85. The van der Waals surface area contributed by atoms with Crippen LogP contribution in [0.15, 0.2) is 59.5 Å². The van der Waals surface area contributed by atoms with Crippen molar-refractivity contribution >= 4 is 23.6 Å². The van der Waals surface area contributed by atoms with Crippen molar-refractivity contribution in [3.05, 3.63) is 66.0 Å². The lowest BCUT2D eigenvalue weighted by Crippen LogP contribution is -2.47. The van der Waals surface area contributed by atoms with Crippen LogP contribution in [0.2, 0.25) is 0 Å². The van der Waals surface area contributed by atoms with Gasteiger partial charge in [-0.15, -0.1) is 11.8 Å². The van der Waals surface area contributed by atoms with Gasteiger partial charge in [0.2, 0.25) is 11.8 Å². The van der Waals surface area contributed by atoms with E-state index in [-0.39, 0.29) is 24.2 Å². The largest absolute Gasteiger partial charge is 0.354 e. The average molecular weight is 403 g/mol. The number of rotatable bonds is 10. The van der Waals surface area contributed by atoms with E-state index < -0.39 is 6.04 Å². The van der Waals surface area contributed by atoms with Gasteiger partial charge in [-0.25, -0.2) is 4.39 Å². The van der Waals surface area contributed by atoms with Crippen LogP contribution in [0.4, 0.5) is 4.39 Å². The highest BCUT2D eigenvalue weighted by Gasteiger charge is 2.25. The predicted molar refractivity (Wildman–Crippen MR) is 111 cm³/mol. The molecule has 2 rings (SSSR count). The molecule has 0 aliphatic carbocycles. The Labute approximate surface area is 170 Å². The molecule has 0 saturated carbocycles. The molecule has 2 amide bonds. The van der Waals surface area contributed by atoms with Gasteiger partial charge in [0.25, 0.3) is 0 Å². The van der Waals surface area contributed by atoms with E-state index in [9.17, 15) is 14.0 Å². The zero-order valence-corrected chi connectivity index (χ0v) is 17.2. The molecule has 0 heterocycles. The molecule has 0 aliphatic heterocycles. The lowest BCUT2D eigenvalue weighted by atomic mass is 10.1. The first-order valence-corrected chi connectivity index (χ1v) is 10.5. The number of amides is 2. The molecule has 6 heteroatoms. The molecule has 0 spiro atoms. The number of carbonyl (C=O) groups excluding carboxylic acids is 2. The zero-order valence-electron chi connectivity index (χ0n) is 16.4. The minimum atomic E-state index is -0.592. The molecular formula is C22H27FN2O2S. The number of thioether (sulfide) groups is 1. The van der Waals surface area contributed by atoms with Gasteiger partial charge in [-0.2, -0.15) is 0 Å². The molecule has 0 radical (unpaired) electrons. The van der Waals surface area contributed by atoms with Crippen LogP contribution in [-0.2, 0) is 16.1 Å². The van der Waals surface area contributed by atoms with Crippen molar-refractivity contribution in [1.82, 2.24) is 10.2 Å². The number of nitrogens with zero attached hydrogens (tertiary/aromatic N) is 1. The van der Waals surface area contributed by atoms with E-state index in [0.717, 1.165) is 16.9 Å². The Morgan fingerprint density at radius 2 is 1.79 bits per heavy atom. The van der Waals surface area contributed by atoms with Crippen LogP contribution in [0.25, 0.3) is 0 Å². The van der Waals surface area contributed by atoms with Gasteiger partial charge in [0.1, 0.15) is 11.9 Å². The summed E-state index contributed by atoms with van der Waals surface area (Å²) in [5.41, 5.74) is 0.792. The Morgan fingerprint density at radius 1 is 1.11 bits per heavy atom. The maximum Gasteiger partial charge on any atom is 0.242 e. The molecule has 28 heavy (non-hydrogen) atoms. The van der Waals surface area contributed by atoms with Gasteiger partial charge in [-0.3, -0.25) is 9.59 Å². The Hall–Kier alpha value is -2.34. The van der Waals surface area contributed by atoms with Crippen molar-refractivity contribution in [3.8, 4) is 0 Å². The topological polar surface area (TPSA) is 49.4 Å². The van der Waals surface area contributed by atoms with E-state index in [0.29, 0.717) is 18.7 Å². The number of nitrogens with one attached hydrogen (secondary N) is 1. The molecule has 2 aromatic rings. The molecule has 0 saturated heterocycles. The van der Waals surface area contributed by atoms with Crippen LogP contribution in [0.1, 0.15) is 32.3 Å². The van der Waals surface area contributed by atoms with Crippen molar-refractivity contribution in [2.24, 2.45) is 0 Å². The van der Waals surface area contributed by atoms with E-state index >= 15 is 0 Å². The molecule has 0 bridgehead atoms. The Kier molecular flexibility index (Phi) is 9.01. The lowest BCUT2D eigenvalue weighted by Gasteiger charge is -2.29. The number of benzene rings is 2. The van der Waals surface area contributed by atoms with Gasteiger partial charge in [0, 0.05) is 30.2 Å². The first-order valence-electron chi connectivity index (χ1n) is 9.50. The molecule has 0 unspecified atom stereocenters. The highest BCUT2D eigenvalue weighted by Crippen LogP contribution is 2.19. The Morgan fingerprint density at radius 3 is 2.43 bits per heavy atom. The third-order valence-corrected chi connectivity index (χ3v) is 5.32. The fraction of sp³-hybridized carbons (Fsp3) is 0.364. The number of hydrogen-bond acceptors (Lipinski definition) is 3. The monoisotopic (exact) mass is 402 g/mol. The first-order chi connectivity index (χ1) is 13.5. The van der Waals surface area contributed by atoms with Gasteiger partial charge in [-0.1, -0.05) is 37.3 Å². The maximum absolute atomic E-state index is 13.2. The van der Waals surface area contributed by atoms with E-state index in [1.807, 2.05) is 37.3 Å². The summed E-state index contributed by atoms with van der Waals surface area (Å²) >= 11 is 1.61. The smallest absolute Gasteiger partial charge is 0.242 e. The second-order valence-electron chi connectivity index (χ2n) is 6.53. The maximum atomic E-state index is 13.2. The molecule has 0 aromatic heterocycles. The second-order valence-corrected chi connectivity index (χ2v) is 7.69. The minimum absolute atomic E-state index is 0.0908. The summed E-state index contributed by atoms with van der Waals surface area (Å²) in [6, 6.07) is 15.3. The summed E-state index contributed by atoms with van der Waals surface area (Å²) in [4.78, 5) is 28.0. The number of carbonyl (C=O) groups is 2. The molecule has 2 aromatic carbocycles. The van der Waals surface area contributed by atoms with Gasteiger partial charge in [0.05, 0.1) is 0 Å². The third kappa shape index (κ3) is 7.00. The Bertz CT molecular complexity index is 753. The normalized spacial score (nSPS) is 11.7. The molecule has 1 N–H and O–H groups in total. The van der Waals surface area contributed by atoms with E-state index in [1.54, 1.807) is 35.7 Å². The summed E-state index contributed by atoms with van der Waals surface area (Å²) in [6.07, 6.45) is 1.16. The number of halogens is 1. The number of hydrogen-bond donors (Lipinski definition) is 1. The first kappa shape index (κ1) is 22.0. The minimum Gasteiger partial charge on any atom is -0.354 e. The van der Waals surface area contributed by atoms with Crippen LogP contribution in [-0.4, -0.2) is 35.1 Å². The van der Waals surface area contributed by atoms with Gasteiger partial charge in [-0.05, 0) is 43.2 Å². The van der Waals surface area contributed by atoms with Crippen molar-refractivity contribution in [3.63, 3.8) is 0 Å². The molecule has 150 valence electrons. The predicted octanol–water partition coefficient (Wildman–Crippen LogP) is 4.25. The van der Waals surface area contributed by atoms with Crippen molar-refractivity contribution in [2.75, 3.05) is 12.3 Å². The van der Waals surface area contributed by atoms with Gasteiger partial charge < -0.3 is 10.2 Å². The fourth-order valence-corrected chi connectivity index (χ4v) is 3.54. The van der Waals surface area contributed by atoms with E-state index in [1.165, 1.54) is 12.1 Å². The molecule has 4 nitrogen and oxygen atoms in total. The van der Waals surface area contributed by atoms with Crippen molar-refractivity contribution < 1.29 is 14.0 Å². The van der Waals surface area contributed by atoms with Crippen LogP contribution in [0.3, 0.4) is 0 Å². The lowest BCUT2D eigenvalue weighted by molar-refractivity contribution is -0.140. The third-order valence-electron chi connectivity index (χ3n) is 4.31. The molecule has 0 aliphatic rings. The van der Waals surface area contributed by atoms with Crippen LogP contribution < -0.4 is 5.32 Å². The SMILES string of the molecule is CCCNC(=O)[C@H](C)N(Cc1ccc(F)cc1)C(=O)CCSc1ccccc1. The van der Waals surface area contributed by atoms with Crippen molar-refractivity contribution in [1.29, 1.82) is 0 Å². The molecule has 0 fully saturated rings. The summed E-state index contributed by atoms with van der Waals surface area (Å²) in [7, 11) is 0. The van der Waals surface area contributed by atoms with Crippen LogP contribution in [0.5, 0.6) is 0 Å². The van der Waals surface area contributed by atoms with Gasteiger partial charge in [0.15, 0.2) is 0 Å². The summed E-state index contributed by atoms with van der Waals surface area (Å²) < 4.78 is 13.2. The van der Waals surface area contributed by atoms with Crippen LogP contribution >= 0.6 is 11.8 Å². The fourth-order valence-electron chi connectivity index (χ4n) is 2.68. The average Bonchev–Trinajstić information content (AvgIpc) is 2.71. The van der Waals surface area contributed by atoms with E-state index in [2.05, 4.69) is 5.32 Å². The highest BCUT2D eigenvalue weighted by atomic mass is 32.2. The summed E-state index contributed by atoms with van der Waals surface area (Å²) in [5.74, 6) is 0.0426. The van der Waals surface area contributed by atoms with Gasteiger partial charge >= 0.3 is 0 Å². The quantitative estimate of drug-likeness (QED) is 0.605. The van der Waals surface area contributed by atoms with E-state index in [4.69, 9.17) is 0 Å². The zero-order chi connectivity index (χ0) is 20.4. The molecule has 1 atom stereocenters. The standard InChI is InChI=1S/C22H27FN2O2S/c1-3-14-24-22(27)17(2)25(16-18-9-11-19(23)12-10-18)21(26)13-15-28-20-7-5-4-6-8-20/h4-12,17H,3,13-16H2,1-2H3,(H,24,27)/t17-/m0/s1. The summed E-state index contributed by atoms with van der Waals surface area (Å²) in [6.45, 7) is 4.56. The molecular weight excluding hydrogens is 375 g/mol. The van der Waals surface area contributed by atoms with Crippen molar-refractivity contribution in [2.45, 2.75) is 44.2 Å². The second kappa shape index (κ2) is 11.5.